The molecule has 2 fully saturated rings. The van der Waals surface area contributed by atoms with Crippen molar-refractivity contribution in [2.24, 2.45) is 11.7 Å². The van der Waals surface area contributed by atoms with Crippen LogP contribution in [-0.2, 0) is 4.79 Å². The first-order chi connectivity index (χ1) is 18.8. The van der Waals surface area contributed by atoms with E-state index in [1.165, 1.54) is 4.90 Å². The average molecular weight is 530 g/mol. The Morgan fingerprint density at radius 2 is 1.56 bits per heavy atom. The minimum Gasteiger partial charge on any atom is -0.465 e. The van der Waals surface area contributed by atoms with Crippen molar-refractivity contribution in [2.75, 3.05) is 39.3 Å². The molecule has 39 heavy (non-hydrogen) atoms. The van der Waals surface area contributed by atoms with Gasteiger partial charge < -0.3 is 30.1 Å². The molecule has 0 spiro atoms. The molecule has 2 saturated heterocycles. The van der Waals surface area contributed by atoms with E-state index in [1.807, 2.05) is 78.6 Å². The molecule has 2 aliphatic heterocycles. The number of amides is 3. The van der Waals surface area contributed by atoms with Crippen molar-refractivity contribution < 1.29 is 19.5 Å². The number of nitrogens with two attached hydrogens (primary N) is 1. The minimum atomic E-state index is -0.976. The third kappa shape index (κ3) is 5.54. The van der Waals surface area contributed by atoms with Crippen LogP contribution in [-0.4, -0.2) is 87.6 Å². The first kappa shape index (κ1) is 26.5. The second-order valence-electron chi connectivity index (χ2n) is 10.4. The van der Waals surface area contributed by atoms with Crippen LogP contribution in [0.5, 0.6) is 0 Å². The van der Waals surface area contributed by atoms with E-state index in [4.69, 9.17) is 5.73 Å². The van der Waals surface area contributed by atoms with Gasteiger partial charge in [-0.2, -0.15) is 0 Å². The summed E-state index contributed by atoms with van der Waals surface area (Å²) in [6.07, 6.45) is 0.377. The summed E-state index contributed by atoms with van der Waals surface area (Å²) in [5, 5.41) is 9.71. The normalized spacial score (nSPS) is 18.7. The van der Waals surface area contributed by atoms with Gasteiger partial charge >= 0.3 is 6.09 Å². The summed E-state index contributed by atoms with van der Waals surface area (Å²) in [5.74, 6) is -0.503. The number of para-hydroxylation sites is 1. The van der Waals surface area contributed by atoms with Crippen molar-refractivity contribution >= 4 is 17.9 Å². The van der Waals surface area contributed by atoms with Crippen LogP contribution in [0.25, 0.3) is 16.9 Å². The van der Waals surface area contributed by atoms with Crippen molar-refractivity contribution in [1.82, 2.24) is 19.3 Å². The SMILES string of the molecule is Cc1cc(C(=O)N2CCN(C(=O)O)C[C@H]2CN2CCC(C(N)=O)CC2)c(-c2ccccc2)n1-c1ccccc1. The lowest BCUT2D eigenvalue weighted by atomic mass is 9.95. The van der Waals surface area contributed by atoms with Crippen LogP contribution in [0, 0.1) is 12.8 Å². The number of primary amides is 1. The summed E-state index contributed by atoms with van der Waals surface area (Å²) in [6.45, 7) is 4.75. The maximum Gasteiger partial charge on any atom is 0.407 e. The minimum absolute atomic E-state index is 0.103. The van der Waals surface area contributed by atoms with Gasteiger partial charge in [-0.05, 0) is 56.6 Å². The maximum atomic E-state index is 14.3. The summed E-state index contributed by atoms with van der Waals surface area (Å²) >= 11 is 0. The number of nitrogens with zero attached hydrogens (tertiary/aromatic N) is 4. The lowest BCUT2D eigenvalue weighted by Crippen LogP contribution is -2.60. The molecule has 204 valence electrons. The quantitative estimate of drug-likeness (QED) is 0.508. The Labute approximate surface area is 228 Å². The molecule has 0 aliphatic carbocycles. The summed E-state index contributed by atoms with van der Waals surface area (Å²) in [7, 11) is 0. The van der Waals surface area contributed by atoms with Crippen LogP contribution in [0.1, 0.15) is 28.9 Å². The molecule has 1 aromatic heterocycles. The molecule has 1 atom stereocenters. The topological polar surface area (TPSA) is 112 Å². The molecule has 0 bridgehead atoms. The van der Waals surface area contributed by atoms with E-state index in [0.717, 1.165) is 22.6 Å². The molecule has 3 aromatic rings. The van der Waals surface area contributed by atoms with Gasteiger partial charge in [-0.1, -0.05) is 48.5 Å². The second-order valence-corrected chi connectivity index (χ2v) is 10.4. The zero-order valence-corrected chi connectivity index (χ0v) is 22.2. The summed E-state index contributed by atoms with van der Waals surface area (Å²) in [4.78, 5) is 43.3. The Morgan fingerprint density at radius 3 is 2.18 bits per heavy atom. The van der Waals surface area contributed by atoms with E-state index in [-0.39, 0.29) is 36.9 Å². The van der Waals surface area contributed by atoms with E-state index in [2.05, 4.69) is 9.47 Å². The predicted molar refractivity (Wildman–Crippen MR) is 149 cm³/mol. The molecule has 2 aliphatic rings. The Balaban J connectivity index is 1.49. The zero-order valence-electron chi connectivity index (χ0n) is 22.2. The molecule has 2 aromatic carbocycles. The number of aryl methyl sites for hydroxylation is 1. The van der Waals surface area contributed by atoms with Crippen LogP contribution < -0.4 is 5.73 Å². The fourth-order valence-electron chi connectivity index (χ4n) is 5.90. The third-order valence-corrected chi connectivity index (χ3v) is 7.95. The Hall–Kier alpha value is -4.11. The van der Waals surface area contributed by atoms with E-state index in [0.29, 0.717) is 44.6 Å². The van der Waals surface area contributed by atoms with Gasteiger partial charge in [-0.15, -0.1) is 0 Å². The monoisotopic (exact) mass is 529 g/mol. The molecule has 9 nitrogen and oxygen atoms in total. The number of carbonyl (C=O) groups is 3. The Kier molecular flexibility index (Phi) is 7.70. The number of aromatic nitrogens is 1. The second kappa shape index (κ2) is 11.3. The van der Waals surface area contributed by atoms with Gasteiger partial charge in [0.05, 0.1) is 17.3 Å². The third-order valence-electron chi connectivity index (χ3n) is 7.95. The van der Waals surface area contributed by atoms with Crippen LogP contribution in [0.4, 0.5) is 4.79 Å². The molecular weight excluding hydrogens is 494 g/mol. The summed E-state index contributed by atoms with van der Waals surface area (Å²) < 4.78 is 2.11. The molecule has 0 unspecified atom stereocenters. The van der Waals surface area contributed by atoms with E-state index >= 15 is 0 Å². The average Bonchev–Trinajstić information content (AvgIpc) is 3.30. The molecule has 0 radical (unpaired) electrons. The lowest BCUT2D eigenvalue weighted by molar-refractivity contribution is -0.123. The van der Waals surface area contributed by atoms with E-state index in [1.54, 1.807) is 0 Å². The number of hydrogen-bond donors (Lipinski definition) is 2. The number of carboxylic acid groups (broad SMARTS) is 1. The summed E-state index contributed by atoms with van der Waals surface area (Å²) in [5.41, 5.74) is 9.78. The highest BCUT2D eigenvalue weighted by Gasteiger charge is 2.37. The number of hydrogen-bond acceptors (Lipinski definition) is 4. The first-order valence-corrected chi connectivity index (χ1v) is 13.5. The van der Waals surface area contributed by atoms with Gasteiger partial charge in [0, 0.05) is 43.5 Å². The molecular formula is C30H35N5O4. The zero-order chi connectivity index (χ0) is 27.5. The highest BCUT2D eigenvalue weighted by molar-refractivity contribution is 6.01. The Bertz CT molecular complexity index is 1330. The van der Waals surface area contributed by atoms with Crippen LogP contribution in [0.3, 0.4) is 0 Å². The number of piperazine rings is 1. The molecule has 0 saturated carbocycles. The van der Waals surface area contributed by atoms with Gasteiger partial charge in [0.25, 0.3) is 5.91 Å². The summed E-state index contributed by atoms with van der Waals surface area (Å²) in [6, 6.07) is 21.5. The number of carbonyl (C=O) groups excluding carboxylic acids is 2. The van der Waals surface area contributed by atoms with Crippen molar-refractivity contribution in [3.05, 3.63) is 78.0 Å². The largest absolute Gasteiger partial charge is 0.465 e. The lowest BCUT2D eigenvalue weighted by Gasteiger charge is -2.43. The van der Waals surface area contributed by atoms with E-state index < -0.39 is 6.09 Å². The van der Waals surface area contributed by atoms with Gasteiger partial charge in [0.2, 0.25) is 5.91 Å². The molecule has 9 heteroatoms. The van der Waals surface area contributed by atoms with Crippen LogP contribution >= 0.6 is 0 Å². The highest BCUT2D eigenvalue weighted by Crippen LogP contribution is 2.32. The molecule has 3 heterocycles. The Morgan fingerprint density at radius 1 is 0.923 bits per heavy atom. The maximum absolute atomic E-state index is 14.3. The standard InChI is InChI=1S/C30H35N5O4/c1-21-18-26(27(22-8-4-2-5-9-22)35(21)24-10-6-3-7-11-24)29(37)34-17-16-33(30(38)39)20-25(34)19-32-14-12-23(13-15-32)28(31)36/h2-11,18,23,25H,12-17,19-20H2,1H3,(H2,31,36)(H,38,39)/t25-/m1/s1. The van der Waals surface area contributed by atoms with Gasteiger partial charge in [0.15, 0.2) is 0 Å². The molecule has 3 amide bonds. The van der Waals surface area contributed by atoms with Crippen molar-refractivity contribution in [3.63, 3.8) is 0 Å². The van der Waals surface area contributed by atoms with Crippen molar-refractivity contribution in [1.29, 1.82) is 0 Å². The van der Waals surface area contributed by atoms with Crippen molar-refractivity contribution in [2.45, 2.75) is 25.8 Å². The number of benzene rings is 2. The van der Waals surface area contributed by atoms with Crippen LogP contribution in [0.15, 0.2) is 66.7 Å². The fourth-order valence-corrected chi connectivity index (χ4v) is 5.90. The fraction of sp³-hybridized carbons (Fsp3) is 0.367. The van der Waals surface area contributed by atoms with Gasteiger partial charge in [-0.3, -0.25) is 9.59 Å². The van der Waals surface area contributed by atoms with Crippen LogP contribution in [0.2, 0.25) is 0 Å². The van der Waals surface area contributed by atoms with Crippen molar-refractivity contribution in [3.8, 4) is 16.9 Å². The first-order valence-electron chi connectivity index (χ1n) is 13.5. The number of piperidine rings is 1. The van der Waals surface area contributed by atoms with Gasteiger partial charge in [-0.25, -0.2) is 4.79 Å². The number of rotatable bonds is 6. The highest BCUT2D eigenvalue weighted by atomic mass is 16.4. The van der Waals surface area contributed by atoms with Gasteiger partial charge in [0.1, 0.15) is 0 Å². The van der Waals surface area contributed by atoms with E-state index in [9.17, 15) is 19.5 Å². The molecule has 5 rings (SSSR count). The number of likely N-dealkylation sites (tertiary alicyclic amines) is 1. The molecule has 3 N–H and O–H groups in total. The predicted octanol–water partition coefficient (Wildman–Crippen LogP) is 3.45. The smallest absolute Gasteiger partial charge is 0.407 e.